The van der Waals surface area contributed by atoms with Crippen LogP contribution in [0.2, 0.25) is 0 Å². The third kappa shape index (κ3) is 5.55. The molecule has 2 aromatic rings. The van der Waals surface area contributed by atoms with E-state index >= 15 is 0 Å². The topological polar surface area (TPSA) is 157 Å². The summed E-state index contributed by atoms with van der Waals surface area (Å²) in [6.45, 7) is 5.75. The summed E-state index contributed by atoms with van der Waals surface area (Å²) in [6, 6.07) is 8.89. The molecule has 1 aliphatic rings. The van der Waals surface area contributed by atoms with Gasteiger partial charge in [-0.05, 0) is 51.5 Å². The van der Waals surface area contributed by atoms with Gasteiger partial charge in [-0.1, -0.05) is 24.3 Å². The number of nitrogens with one attached hydrogen (secondary N) is 3. The third-order valence-electron chi connectivity index (χ3n) is 6.40. The van der Waals surface area contributed by atoms with Gasteiger partial charge in [-0.3, -0.25) is 4.79 Å². The summed E-state index contributed by atoms with van der Waals surface area (Å²) in [5.74, 6) is -1.21. The Morgan fingerprint density at radius 1 is 1.20 bits per heavy atom. The number of rotatable bonds is 9. The van der Waals surface area contributed by atoms with Gasteiger partial charge in [-0.2, -0.15) is 0 Å². The SMILES string of the molecule is CC(=O)c1cccc(NC(C(O)COC(=O)c2c(C)cccc2O)C2NC(=O)NC2(C)C(C)O)c1. The highest BCUT2D eigenvalue weighted by atomic mass is 16.5. The van der Waals surface area contributed by atoms with E-state index in [1.165, 1.54) is 19.9 Å². The maximum atomic E-state index is 12.6. The molecule has 3 rings (SSSR count). The molecular formula is C25H31N3O7. The number of esters is 1. The van der Waals surface area contributed by atoms with Gasteiger partial charge in [0, 0.05) is 11.3 Å². The molecule has 5 atom stereocenters. The standard InChI is InChI=1S/C25H31N3O7/c1-13-7-5-10-18(31)20(13)23(33)35-12-19(32)21(22-25(4,15(3)30)28-24(34)27-22)26-17-9-6-8-16(11-17)14(2)29/h5-11,15,19,21-22,26,30-32H,12H2,1-4H3,(H2,27,28,34). The maximum Gasteiger partial charge on any atom is 0.342 e. The molecule has 1 fully saturated rings. The Bertz CT molecular complexity index is 1100. The normalized spacial score (nSPS) is 21.9. The van der Waals surface area contributed by atoms with Gasteiger partial charge in [-0.25, -0.2) is 9.59 Å². The van der Waals surface area contributed by atoms with Crippen molar-refractivity contribution in [3.8, 4) is 5.75 Å². The number of anilines is 1. The molecule has 1 heterocycles. The van der Waals surface area contributed by atoms with Crippen LogP contribution in [0, 0.1) is 6.92 Å². The van der Waals surface area contributed by atoms with E-state index in [2.05, 4.69) is 16.0 Å². The van der Waals surface area contributed by atoms with Crippen LogP contribution in [0.3, 0.4) is 0 Å². The number of ether oxygens (including phenoxy) is 1. The van der Waals surface area contributed by atoms with Crippen molar-refractivity contribution in [3.63, 3.8) is 0 Å². The lowest BCUT2D eigenvalue weighted by atomic mass is 9.82. The largest absolute Gasteiger partial charge is 0.507 e. The Labute approximate surface area is 203 Å². The number of aromatic hydroxyl groups is 1. The molecular weight excluding hydrogens is 454 g/mol. The first-order valence-electron chi connectivity index (χ1n) is 11.2. The average Bonchev–Trinajstić information content (AvgIpc) is 3.11. The summed E-state index contributed by atoms with van der Waals surface area (Å²) in [7, 11) is 0. The number of benzene rings is 2. The predicted octanol–water partition coefficient (Wildman–Crippen LogP) is 1.72. The second kappa shape index (κ2) is 10.3. The van der Waals surface area contributed by atoms with E-state index in [9.17, 15) is 29.7 Å². The molecule has 1 aliphatic heterocycles. The van der Waals surface area contributed by atoms with Gasteiger partial charge in [0.15, 0.2) is 5.78 Å². The smallest absolute Gasteiger partial charge is 0.342 e. The monoisotopic (exact) mass is 485 g/mol. The zero-order valence-corrected chi connectivity index (χ0v) is 20.0. The maximum absolute atomic E-state index is 12.6. The third-order valence-corrected chi connectivity index (χ3v) is 6.40. The van der Waals surface area contributed by atoms with Crippen molar-refractivity contribution in [2.45, 2.75) is 57.5 Å². The molecule has 10 heteroatoms. The van der Waals surface area contributed by atoms with Crippen LogP contribution in [0.25, 0.3) is 0 Å². The van der Waals surface area contributed by atoms with Crippen molar-refractivity contribution in [1.29, 1.82) is 0 Å². The molecule has 5 unspecified atom stereocenters. The highest BCUT2D eigenvalue weighted by molar-refractivity contribution is 5.95. The molecule has 0 spiro atoms. The summed E-state index contributed by atoms with van der Waals surface area (Å²) in [6.07, 6.45) is -2.35. The number of phenolic OH excluding ortho intramolecular Hbond substituents is 1. The zero-order chi connectivity index (χ0) is 25.9. The highest BCUT2D eigenvalue weighted by Gasteiger charge is 2.51. The number of aryl methyl sites for hydroxylation is 1. The van der Waals surface area contributed by atoms with Crippen LogP contribution in [-0.2, 0) is 4.74 Å². The summed E-state index contributed by atoms with van der Waals surface area (Å²) in [5, 5.41) is 40.1. The number of hydrogen-bond donors (Lipinski definition) is 6. The Hall–Kier alpha value is -3.63. The first-order chi connectivity index (χ1) is 16.4. The number of phenols is 1. The summed E-state index contributed by atoms with van der Waals surface area (Å²) >= 11 is 0. The number of aliphatic hydroxyl groups is 2. The van der Waals surface area contributed by atoms with Gasteiger partial charge >= 0.3 is 12.0 Å². The van der Waals surface area contributed by atoms with Gasteiger partial charge in [0.05, 0.1) is 23.7 Å². The van der Waals surface area contributed by atoms with Gasteiger partial charge in [0.2, 0.25) is 0 Å². The number of amides is 2. The van der Waals surface area contributed by atoms with Gasteiger partial charge in [0.1, 0.15) is 24.0 Å². The van der Waals surface area contributed by atoms with Crippen molar-refractivity contribution in [1.82, 2.24) is 10.6 Å². The van der Waals surface area contributed by atoms with Crippen LogP contribution < -0.4 is 16.0 Å². The highest BCUT2D eigenvalue weighted by Crippen LogP contribution is 2.27. The van der Waals surface area contributed by atoms with Gasteiger partial charge in [0.25, 0.3) is 0 Å². The van der Waals surface area contributed by atoms with Crippen molar-refractivity contribution in [2.75, 3.05) is 11.9 Å². The first-order valence-corrected chi connectivity index (χ1v) is 11.2. The quantitative estimate of drug-likeness (QED) is 0.232. The zero-order valence-electron chi connectivity index (χ0n) is 20.0. The van der Waals surface area contributed by atoms with E-state index in [0.29, 0.717) is 16.8 Å². The lowest BCUT2D eigenvalue weighted by molar-refractivity contribution is 0.00923. The van der Waals surface area contributed by atoms with Crippen LogP contribution in [0.4, 0.5) is 10.5 Å². The summed E-state index contributed by atoms with van der Waals surface area (Å²) in [5.41, 5.74) is 0.249. The minimum Gasteiger partial charge on any atom is -0.507 e. The number of ketones is 1. The van der Waals surface area contributed by atoms with Crippen LogP contribution in [0.15, 0.2) is 42.5 Å². The molecule has 0 radical (unpaired) electrons. The van der Waals surface area contributed by atoms with Crippen molar-refractivity contribution in [3.05, 3.63) is 59.2 Å². The molecule has 35 heavy (non-hydrogen) atoms. The minimum atomic E-state index is -1.35. The predicted molar refractivity (Wildman–Crippen MR) is 129 cm³/mol. The molecule has 188 valence electrons. The molecule has 6 N–H and O–H groups in total. The Kier molecular flexibility index (Phi) is 7.67. The number of carbonyl (C=O) groups excluding carboxylic acids is 3. The summed E-state index contributed by atoms with van der Waals surface area (Å²) in [4.78, 5) is 36.7. The van der Waals surface area contributed by atoms with E-state index in [1.54, 1.807) is 50.2 Å². The molecule has 0 saturated carbocycles. The molecule has 2 amide bonds. The molecule has 0 bridgehead atoms. The number of Topliss-reactive ketones (excluding diaryl/α,β-unsaturated/α-hetero) is 1. The van der Waals surface area contributed by atoms with Crippen LogP contribution in [0.5, 0.6) is 5.75 Å². The lowest BCUT2D eigenvalue weighted by Crippen LogP contribution is -2.63. The number of hydrogen-bond acceptors (Lipinski definition) is 8. The lowest BCUT2D eigenvalue weighted by Gasteiger charge is -2.39. The van der Waals surface area contributed by atoms with E-state index in [0.717, 1.165) is 0 Å². The van der Waals surface area contributed by atoms with Gasteiger partial charge < -0.3 is 36.0 Å². The van der Waals surface area contributed by atoms with E-state index in [1.807, 2.05) is 0 Å². The van der Waals surface area contributed by atoms with Crippen molar-refractivity contribution < 1.29 is 34.4 Å². The Morgan fingerprint density at radius 3 is 2.51 bits per heavy atom. The molecule has 0 aromatic heterocycles. The fourth-order valence-corrected chi connectivity index (χ4v) is 4.15. The van der Waals surface area contributed by atoms with Crippen LogP contribution in [-0.4, -0.2) is 69.5 Å². The molecule has 0 aliphatic carbocycles. The summed E-state index contributed by atoms with van der Waals surface area (Å²) < 4.78 is 5.31. The van der Waals surface area contributed by atoms with Crippen LogP contribution >= 0.6 is 0 Å². The Balaban J connectivity index is 1.88. The fraction of sp³-hybridized carbons (Fsp3) is 0.400. The van der Waals surface area contributed by atoms with Crippen LogP contribution in [0.1, 0.15) is 47.1 Å². The number of aliphatic hydroxyl groups excluding tert-OH is 2. The van der Waals surface area contributed by atoms with Crippen molar-refractivity contribution in [2.24, 2.45) is 0 Å². The second-order valence-corrected chi connectivity index (χ2v) is 8.98. The number of urea groups is 1. The fourth-order valence-electron chi connectivity index (χ4n) is 4.15. The van der Waals surface area contributed by atoms with E-state index in [-0.39, 0.29) is 17.1 Å². The minimum absolute atomic E-state index is 0.0111. The van der Waals surface area contributed by atoms with E-state index < -0.39 is 48.4 Å². The molecule has 2 aromatic carbocycles. The van der Waals surface area contributed by atoms with Gasteiger partial charge in [-0.15, -0.1) is 0 Å². The molecule has 10 nitrogen and oxygen atoms in total. The first kappa shape index (κ1) is 26.0. The number of carbonyl (C=O) groups is 3. The van der Waals surface area contributed by atoms with Crippen molar-refractivity contribution >= 4 is 23.5 Å². The second-order valence-electron chi connectivity index (χ2n) is 8.98. The molecule has 1 saturated heterocycles. The Morgan fingerprint density at radius 2 is 1.89 bits per heavy atom. The average molecular weight is 486 g/mol. The van der Waals surface area contributed by atoms with E-state index in [4.69, 9.17) is 4.74 Å².